The van der Waals surface area contributed by atoms with Gasteiger partial charge >= 0.3 is 0 Å². The van der Waals surface area contributed by atoms with Gasteiger partial charge in [0.15, 0.2) is 23.0 Å². The molecule has 1 heterocycles. The van der Waals surface area contributed by atoms with Crippen molar-refractivity contribution >= 4 is 17.1 Å². The second-order valence-corrected chi connectivity index (χ2v) is 10.6. The second-order valence-electron chi connectivity index (χ2n) is 9.14. The number of oxazole rings is 1. The van der Waals surface area contributed by atoms with Crippen molar-refractivity contribution in [2.45, 2.75) is 45.4 Å². The highest BCUT2D eigenvalue weighted by Gasteiger charge is 2.20. The van der Waals surface area contributed by atoms with E-state index in [1.165, 1.54) is 5.56 Å². The third-order valence-corrected chi connectivity index (χ3v) is 7.34. The molecule has 1 aromatic heterocycles. The molecule has 1 amide bonds. The number of unbranched alkanes of at least 4 members (excludes halogenated alkanes) is 1. The number of carbonyl (C=O) groups is 1. The fourth-order valence-corrected chi connectivity index (χ4v) is 5.15. The summed E-state index contributed by atoms with van der Waals surface area (Å²) < 4.78 is 29.1. The van der Waals surface area contributed by atoms with E-state index in [2.05, 4.69) is 46.4 Å². The predicted molar refractivity (Wildman–Crippen MR) is 151 cm³/mol. The van der Waals surface area contributed by atoms with Crippen molar-refractivity contribution < 1.29 is 23.2 Å². The van der Waals surface area contributed by atoms with Gasteiger partial charge in [-0.15, -0.1) is 0 Å². The van der Waals surface area contributed by atoms with Crippen LogP contribution in [-0.4, -0.2) is 60.0 Å². The van der Waals surface area contributed by atoms with E-state index < -0.39 is 11.2 Å². The van der Waals surface area contributed by atoms with Crippen LogP contribution in [0.4, 0.5) is 0 Å². The molecule has 8 nitrogen and oxygen atoms in total. The summed E-state index contributed by atoms with van der Waals surface area (Å²) in [5.41, 5.74) is 2.59. The zero-order chi connectivity index (χ0) is 27.3. The van der Waals surface area contributed by atoms with Crippen LogP contribution in [0.15, 0.2) is 52.9 Å². The van der Waals surface area contributed by atoms with Crippen LogP contribution < -0.4 is 14.8 Å². The quantitative estimate of drug-likeness (QED) is 0.207. The van der Waals surface area contributed by atoms with E-state index in [-0.39, 0.29) is 17.4 Å². The molecule has 0 radical (unpaired) electrons. The number of aromatic nitrogens is 1. The summed E-state index contributed by atoms with van der Waals surface area (Å²) in [7, 11) is 3.14. The van der Waals surface area contributed by atoms with Crippen LogP contribution in [0, 0.1) is 6.92 Å². The van der Waals surface area contributed by atoms with Crippen molar-refractivity contribution in [2.75, 3.05) is 39.6 Å². The van der Waals surface area contributed by atoms with E-state index in [0.717, 1.165) is 44.5 Å². The predicted octanol–water partition coefficient (Wildman–Crippen LogP) is 4.72. The monoisotopic (exact) mass is 541 g/mol. The molecule has 1 atom stereocenters. The number of hydrogen-bond donors (Lipinski definition) is 1. The van der Waals surface area contributed by atoms with Gasteiger partial charge in [0.05, 0.1) is 14.2 Å². The standard InChI is InChI=1S/C29H39N3O5S/c1-5-6-16-32(19-23-11-8-7-9-12-23)17-10-15-30-28(33)21-38(34)20-25-22(2)37-29(31-25)24-13-14-26(35-3)27(18-24)36-4/h7-9,11-14,18H,5-6,10,15-17,19-21H2,1-4H3,(H,30,33). The van der Waals surface area contributed by atoms with Crippen LogP contribution in [-0.2, 0) is 28.3 Å². The summed E-state index contributed by atoms with van der Waals surface area (Å²) >= 11 is -1.40. The van der Waals surface area contributed by atoms with Gasteiger partial charge in [-0.2, -0.15) is 0 Å². The molecule has 0 saturated heterocycles. The molecular weight excluding hydrogens is 502 g/mol. The van der Waals surface area contributed by atoms with Crippen LogP contribution in [0.25, 0.3) is 11.5 Å². The minimum absolute atomic E-state index is 0.0679. The number of nitrogens with one attached hydrogen (secondary N) is 1. The highest BCUT2D eigenvalue weighted by molar-refractivity contribution is 7.91. The lowest BCUT2D eigenvalue weighted by Gasteiger charge is -2.22. The maximum Gasteiger partial charge on any atom is 0.269 e. The SMILES string of the molecule is CCCCN(CCCNC(=O)C[S+]([O-])Cc1nc(-c2ccc(OC)c(OC)c2)oc1C)Cc1ccccc1. The van der Waals surface area contributed by atoms with Gasteiger partial charge in [0, 0.05) is 25.2 Å². The number of carbonyl (C=O) groups excluding carboxylic acids is 1. The van der Waals surface area contributed by atoms with E-state index in [1.54, 1.807) is 33.3 Å². The van der Waals surface area contributed by atoms with E-state index in [0.29, 0.717) is 35.4 Å². The Morgan fingerprint density at radius 3 is 2.53 bits per heavy atom. The molecule has 38 heavy (non-hydrogen) atoms. The first-order chi connectivity index (χ1) is 18.4. The molecule has 0 spiro atoms. The van der Waals surface area contributed by atoms with Crippen molar-refractivity contribution in [3.8, 4) is 23.0 Å². The second kappa shape index (κ2) is 15.4. The number of aryl methyl sites for hydroxylation is 1. The van der Waals surface area contributed by atoms with Crippen LogP contribution in [0.3, 0.4) is 0 Å². The summed E-state index contributed by atoms with van der Waals surface area (Å²) in [6.45, 7) is 7.37. The average Bonchev–Trinajstić information content (AvgIpc) is 3.29. The van der Waals surface area contributed by atoms with Crippen molar-refractivity contribution in [2.24, 2.45) is 0 Å². The van der Waals surface area contributed by atoms with Crippen LogP contribution in [0.2, 0.25) is 0 Å². The molecule has 0 saturated carbocycles. The Morgan fingerprint density at radius 2 is 1.82 bits per heavy atom. The molecule has 1 unspecified atom stereocenters. The van der Waals surface area contributed by atoms with Gasteiger partial charge < -0.3 is 23.8 Å². The molecule has 1 N–H and O–H groups in total. The molecule has 2 aromatic carbocycles. The topological polar surface area (TPSA) is 99.9 Å². The smallest absolute Gasteiger partial charge is 0.269 e. The first-order valence-corrected chi connectivity index (χ1v) is 14.5. The zero-order valence-electron chi connectivity index (χ0n) is 22.8. The molecule has 0 aliphatic carbocycles. The van der Waals surface area contributed by atoms with Gasteiger partial charge in [0.25, 0.3) is 5.91 Å². The van der Waals surface area contributed by atoms with Gasteiger partial charge in [-0.1, -0.05) is 43.7 Å². The van der Waals surface area contributed by atoms with E-state index in [4.69, 9.17) is 13.9 Å². The third-order valence-electron chi connectivity index (χ3n) is 6.16. The van der Waals surface area contributed by atoms with Gasteiger partial charge in [0.1, 0.15) is 11.5 Å². The lowest BCUT2D eigenvalue weighted by Crippen LogP contribution is -2.34. The summed E-state index contributed by atoms with van der Waals surface area (Å²) in [6, 6.07) is 15.8. The first kappa shape index (κ1) is 29.5. The molecule has 0 aliphatic rings. The molecule has 0 fully saturated rings. The van der Waals surface area contributed by atoms with E-state index in [9.17, 15) is 9.35 Å². The summed E-state index contributed by atoms with van der Waals surface area (Å²) in [4.78, 5) is 19.3. The summed E-state index contributed by atoms with van der Waals surface area (Å²) in [5, 5.41) is 2.92. The minimum Gasteiger partial charge on any atom is -0.616 e. The average molecular weight is 542 g/mol. The van der Waals surface area contributed by atoms with E-state index >= 15 is 0 Å². The Labute approximate surface area is 228 Å². The lowest BCUT2D eigenvalue weighted by atomic mass is 10.2. The van der Waals surface area contributed by atoms with E-state index in [1.807, 2.05) is 12.1 Å². The fourth-order valence-electron chi connectivity index (χ4n) is 4.08. The third kappa shape index (κ3) is 9.08. The molecule has 9 heteroatoms. The van der Waals surface area contributed by atoms with Gasteiger partial charge in [0.2, 0.25) is 5.89 Å². The number of amides is 1. The van der Waals surface area contributed by atoms with Gasteiger partial charge in [-0.05, 0) is 61.2 Å². The Hall–Kier alpha value is -3.01. The Balaban J connectivity index is 1.45. The minimum atomic E-state index is -1.40. The van der Waals surface area contributed by atoms with Crippen LogP contribution in [0.1, 0.15) is 43.2 Å². The maximum atomic E-state index is 12.7. The highest BCUT2D eigenvalue weighted by Crippen LogP contribution is 2.32. The summed E-state index contributed by atoms with van der Waals surface area (Å²) in [5.74, 6) is 2.03. The molecule has 0 aliphatic heterocycles. The Kier molecular flexibility index (Phi) is 12.0. The molecule has 206 valence electrons. The number of ether oxygens (including phenoxy) is 2. The number of benzene rings is 2. The van der Waals surface area contributed by atoms with Crippen molar-refractivity contribution in [3.05, 3.63) is 65.5 Å². The maximum absolute atomic E-state index is 12.7. The lowest BCUT2D eigenvalue weighted by molar-refractivity contribution is -0.118. The largest absolute Gasteiger partial charge is 0.616 e. The van der Waals surface area contributed by atoms with Gasteiger partial charge in [-0.25, -0.2) is 4.98 Å². The van der Waals surface area contributed by atoms with Crippen molar-refractivity contribution in [1.29, 1.82) is 0 Å². The molecule has 3 rings (SSSR count). The number of nitrogens with zero attached hydrogens (tertiary/aromatic N) is 2. The zero-order valence-corrected chi connectivity index (χ0v) is 23.6. The molecule has 0 bridgehead atoms. The molecular formula is C29H39N3O5S. The number of hydrogen-bond acceptors (Lipinski definition) is 7. The van der Waals surface area contributed by atoms with Crippen molar-refractivity contribution in [1.82, 2.24) is 15.2 Å². The van der Waals surface area contributed by atoms with Crippen LogP contribution >= 0.6 is 0 Å². The Morgan fingerprint density at radius 1 is 1.08 bits per heavy atom. The van der Waals surface area contributed by atoms with Gasteiger partial charge in [-0.3, -0.25) is 9.69 Å². The number of methoxy groups -OCH3 is 2. The van der Waals surface area contributed by atoms with Crippen molar-refractivity contribution in [3.63, 3.8) is 0 Å². The normalized spacial score (nSPS) is 11.9. The summed E-state index contributed by atoms with van der Waals surface area (Å²) in [6.07, 6.45) is 3.13. The first-order valence-electron chi connectivity index (χ1n) is 13.0. The number of rotatable bonds is 16. The Bertz CT molecular complexity index is 1140. The van der Waals surface area contributed by atoms with Crippen LogP contribution in [0.5, 0.6) is 11.5 Å². The molecule has 3 aromatic rings. The highest BCUT2D eigenvalue weighted by atomic mass is 32.2. The fraction of sp³-hybridized carbons (Fsp3) is 0.448.